The number of likely N-dealkylation sites (tertiary alicyclic amines) is 1. The Kier molecular flexibility index (Phi) is 6.15. The molecule has 0 amide bonds. The molecule has 1 saturated heterocycles. The summed E-state index contributed by atoms with van der Waals surface area (Å²) in [5, 5.41) is 6.86. The predicted octanol–water partition coefficient (Wildman–Crippen LogP) is 0.670. The topological polar surface area (TPSA) is 27.3 Å². The molecule has 3 heteroatoms. The Balaban J connectivity index is 1.79. The van der Waals surface area contributed by atoms with Crippen LogP contribution in [0.5, 0.6) is 0 Å². The van der Waals surface area contributed by atoms with Crippen LogP contribution in [-0.2, 0) is 0 Å². The Labute approximate surface area is 88.2 Å². The van der Waals surface area contributed by atoms with E-state index in [0.29, 0.717) is 6.04 Å². The van der Waals surface area contributed by atoms with Gasteiger partial charge in [-0.15, -0.1) is 0 Å². The number of nitrogens with one attached hydrogen (secondary N) is 2. The summed E-state index contributed by atoms with van der Waals surface area (Å²) in [5.74, 6) is 0. The summed E-state index contributed by atoms with van der Waals surface area (Å²) in [7, 11) is 0. The van der Waals surface area contributed by atoms with E-state index in [1.165, 1.54) is 32.5 Å². The normalized spacial score (nSPS) is 18.2. The summed E-state index contributed by atoms with van der Waals surface area (Å²) in [4.78, 5) is 2.54. The Hall–Kier alpha value is -0.120. The highest BCUT2D eigenvalue weighted by atomic mass is 15.1. The van der Waals surface area contributed by atoms with Gasteiger partial charge in [-0.25, -0.2) is 0 Å². The molecule has 2 N–H and O–H groups in total. The fourth-order valence-corrected chi connectivity index (χ4v) is 1.82. The van der Waals surface area contributed by atoms with Crippen molar-refractivity contribution in [2.45, 2.75) is 32.7 Å². The maximum absolute atomic E-state index is 3.46. The maximum atomic E-state index is 3.46. The van der Waals surface area contributed by atoms with Gasteiger partial charge in [-0.1, -0.05) is 13.8 Å². The molecule has 0 aromatic heterocycles. The first-order chi connectivity index (χ1) is 6.79. The Morgan fingerprint density at radius 1 is 1.07 bits per heavy atom. The van der Waals surface area contributed by atoms with Crippen LogP contribution in [0, 0.1) is 0 Å². The van der Waals surface area contributed by atoms with E-state index in [2.05, 4.69) is 29.4 Å². The zero-order valence-electron chi connectivity index (χ0n) is 9.68. The van der Waals surface area contributed by atoms with Gasteiger partial charge < -0.3 is 15.5 Å². The zero-order chi connectivity index (χ0) is 10.2. The van der Waals surface area contributed by atoms with Gasteiger partial charge in [-0.3, -0.25) is 0 Å². The summed E-state index contributed by atoms with van der Waals surface area (Å²) in [6.45, 7) is 11.5. The number of hydrogen-bond donors (Lipinski definition) is 2. The molecule has 0 unspecified atom stereocenters. The summed E-state index contributed by atoms with van der Waals surface area (Å²) >= 11 is 0. The van der Waals surface area contributed by atoms with E-state index in [-0.39, 0.29) is 0 Å². The van der Waals surface area contributed by atoms with E-state index >= 15 is 0 Å². The van der Waals surface area contributed by atoms with Crippen molar-refractivity contribution in [3.8, 4) is 0 Å². The molecule has 1 rings (SSSR count). The van der Waals surface area contributed by atoms with Crippen molar-refractivity contribution < 1.29 is 0 Å². The third-order valence-electron chi connectivity index (χ3n) is 2.66. The lowest BCUT2D eigenvalue weighted by Crippen LogP contribution is -2.35. The van der Waals surface area contributed by atoms with Gasteiger partial charge in [-0.2, -0.15) is 0 Å². The molecule has 0 aliphatic carbocycles. The van der Waals surface area contributed by atoms with Gasteiger partial charge >= 0.3 is 0 Å². The van der Waals surface area contributed by atoms with Crippen molar-refractivity contribution in [1.29, 1.82) is 0 Å². The van der Waals surface area contributed by atoms with Crippen LogP contribution in [0.25, 0.3) is 0 Å². The van der Waals surface area contributed by atoms with Gasteiger partial charge in [0.1, 0.15) is 0 Å². The van der Waals surface area contributed by atoms with Crippen LogP contribution in [0.4, 0.5) is 0 Å². The lowest BCUT2D eigenvalue weighted by molar-refractivity contribution is 0.335. The molecule has 3 nitrogen and oxygen atoms in total. The lowest BCUT2D eigenvalue weighted by Gasteiger charge is -2.15. The third-order valence-corrected chi connectivity index (χ3v) is 2.66. The minimum absolute atomic E-state index is 0.607. The van der Waals surface area contributed by atoms with E-state index < -0.39 is 0 Å². The van der Waals surface area contributed by atoms with Crippen LogP contribution in [0.15, 0.2) is 0 Å². The van der Waals surface area contributed by atoms with Gasteiger partial charge in [0, 0.05) is 32.2 Å². The summed E-state index contributed by atoms with van der Waals surface area (Å²) in [5.41, 5.74) is 0. The van der Waals surface area contributed by atoms with Crippen LogP contribution in [0.3, 0.4) is 0 Å². The minimum atomic E-state index is 0.607. The van der Waals surface area contributed by atoms with Crippen molar-refractivity contribution in [3.05, 3.63) is 0 Å². The molecular formula is C11H25N3. The second-order valence-electron chi connectivity index (χ2n) is 4.41. The van der Waals surface area contributed by atoms with E-state index in [1.807, 2.05) is 0 Å². The average Bonchev–Trinajstić information content (AvgIpc) is 2.63. The SMILES string of the molecule is CC(C)NCCNCCN1CCCC1. The van der Waals surface area contributed by atoms with Gasteiger partial charge in [0.05, 0.1) is 0 Å². The van der Waals surface area contributed by atoms with Crippen molar-refractivity contribution in [3.63, 3.8) is 0 Å². The fraction of sp³-hybridized carbons (Fsp3) is 1.00. The quantitative estimate of drug-likeness (QED) is 0.590. The van der Waals surface area contributed by atoms with Gasteiger partial charge in [0.25, 0.3) is 0 Å². The lowest BCUT2D eigenvalue weighted by atomic mass is 10.4. The number of nitrogens with zero attached hydrogens (tertiary/aromatic N) is 1. The largest absolute Gasteiger partial charge is 0.314 e. The summed E-state index contributed by atoms with van der Waals surface area (Å²) in [6, 6.07) is 0.607. The standard InChI is InChI=1S/C11H25N3/c1-11(2)13-6-5-12-7-10-14-8-3-4-9-14/h11-13H,3-10H2,1-2H3. The van der Waals surface area contributed by atoms with Crippen LogP contribution < -0.4 is 10.6 Å². The molecule has 0 spiro atoms. The van der Waals surface area contributed by atoms with Crippen LogP contribution in [-0.4, -0.2) is 50.2 Å². The van der Waals surface area contributed by atoms with E-state index in [0.717, 1.165) is 19.6 Å². The third kappa shape index (κ3) is 5.58. The Bertz CT molecular complexity index is 130. The first kappa shape index (κ1) is 12.0. The van der Waals surface area contributed by atoms with Crippen molar-refractivity contribution in [1.82, 2.24) is 15.5 Å². The molecule has 0 aromatic carbocycles. The minimum Gasteiger partial charge on any atom is -0.314 e. The molecule has 84 valence electrons. The summed E-state index contributed by atoms with van der Waals surface area (Å²) in [6.07, 6.45) is 2.80. The van der Waals surface area contributed by atoms with Crippen LogP contribution in [0.1, 0.15) is 26.7 Å². The molecule has 0 aromatic rings. The molecule has 0 saturated carbocycles. The van der Waals surface area contributed by atoms with Gasteiger partial charge in [0.2, 0.25) is 0 Å². The second kappa shape index (κ2) is 7.21. The zero-order valence-corrected chi connectivity index (χ0v) is 9.68. The molecular weight excluding hydrogens is 174 g/mol. The first-order valence-electron chi connectivity index (χ1n) is 5.95. The second-order valence-corrected chi connectivity index (χ2v) is 4.41. The van der Waals surface area contributed by atoms with Crippen molar-refractivity contribution in [2.75, 3.05) is 39.3 Å². The predicted molar refractivity (Wildman–Crippen MR) is 61.7 cm³/mol. The smallest absolute Gasteiger partial charge is 0.0107 e. The van der Waals surface area contributed by atoms with E-state index in [1.54, 1.807) is 0 Å². The summed E-state index contributed by atoms with van der Waals surface area (Å²) < 4.78 is 0. The monoisotopic (exact) mass is 199 g/mol. The molecule has 0 atom stereocenters. The fourth-order valence-electron chi connectivity index (χ4n) is 1.82. The van der Waals surface area contributed by atoms with Crippen molar-refractivity contribution in [2.24, 2.45) is 0 Å². The highest BCUT2D eigenvalue weighted by molar-refractivity contribution is 4.67. The maximum Gasteiger partial charge on any atom is 0.0107 e. The molecule has 1 fully saturated rings. The molecule has 1 aliphatic heterocycles. The van der Waals surface area contributed by atoms with Crippen LogP contribution in [0.2, 0.25) is 0 Å². The van der Waals surface area contributed by atoms with Crippen LogP contribution >= 0.6 is 0 Å². The Morgan fingerprint density at radius 3 is 2.43 bits per heavy atom. The molecule has 0 radical (unpaired) electrons. The number of rotatable bonds is 7. The molecule has 14 heavy (non-hydrogen) atoms. The highest BCUT2D eigenvalue weighted by Gasteiger charge is 2.09. The molecule has 1 heterocycles. The van der Waals surface area contributed by atoms with Crippen molar-refractivity contribution >= 4 is 0 Å². The van der Waals surface area contributed by atoms with Gasteiger partial charge in [0.15, 0.2) is 0 Å². The van der Waals surface area contributed by atoms with E-state index in [9.17, 15) is 0 Å². The average molecular weight is 199 g/mol. The molecule has 1 aliphatic rings. The highest BCUT2D eigenvalue weighted by Crippen LogP contribution is 2.05. The van der Waals surface area contributed by atoms with E-state index in [4.69, 9.17) is 0 Å². The Morgan fingerprint density at radius 2 is 1.79 bits per heavy atom. The molecule has 0 bridgehead atoms. The first-order valence-corrected chi connectivity index (χ1v) is 5.95. The van der Waals surface area contributed by atoms with Gasteiger partial charge in [-0.05, 0) is 25.9 Å². The number of hydrogen-bond acceptors (Lipinski definition) is 3.